The fraction of sp³-hybridized carbons (Fsp3) is 0.200. The maximum absolute atomic E-state index is 12.4. The second kappa shape index (κ2) is 8.67. The summed E-state index contributed by atoms with van der Waals surface area (Å²) in [5.41, 5.74) is 2.38. The van der Waals surface area contributed by atoms with Crippen molar-refractivity contribution in [3.63, 3.8) is 0 Å². The van der Waals surface area contributed by atoms with E-state index in [4.69, 9.17) is 4.74 Å². The molecule has 0 aliphatic rings. The van der Waals surface area contributed by atoms with Crippen LogP contribution in [0, 0.1) is 0 Å². The summed E-state index contributed by atoms with van der Waals surface area (Å²) in [5.74, 6) is 0.646. The lowest BCUT2D eigenvalue weighted by atomic mass is 10.1. The zero-order valence-corrected chi connectivity index (χ0v) is 16.1. The summed E-state index contributed by atoms with van der Waals surface area (Å²) in [5, 5.41) is 7.26. The molecule has 3 rings (SSSR count). The fourth-order valence-electron chi connectivity index (χ4n) is 2.47. The summed E-state index contributed by atoms with van der Waals surface area (Å²) in [4.78, 5) is 12.4. The molecule has 5 nitrogen and oxygen atoms in total. The number of hydrogen-bond acceptors (Lipinski definition) is 3. The van der Waals surface area contributed by atoms with Crippen LogP contribution < -0.4 is 10.1 Å². The Labute approximate surface area is 161 Å². The van der Waals surface area contributed by atoms with E-state index in [1.807, 2.05) is 66.3 Å². The van der Waals surface area contributed by atoms with Gasteiger partial charge in [0.15, 0.2) is 0 Å². The molecule has 0 bridgehead atoms. The summed E-state index contributed by atoms with van der Waals surface area (Å²) in [6.07, 6.45) is 1.90. The highest BCUT2D eigenvalue weighted by atomic mass is 79.9. The largest absolute Gasteiger partial charge is 0.488 e. The molecule has 26 heavy (non-hydrogen) atoms. The lowest BCUT2D eigenvalue weighted by Crippen LogP contribution is -2.23. The average Bonchev–Trinajstić information content (AvgIpc) is 3.14. The summed E-state index contributed by atoms with van der Waals surface area (Å²) in [7, 11) is 0. The Hall–Kier alpha value is -2.60. The van der Waals surface area contributed by atoms with Crippen LogP contribution in [-0.2, 0) is 19.7 Å². The van der Waals surface area contributed by atoms with Crippen LogP contribution in [0.4, 0.5) is 0 Å². The van der Waals surface area contributed by atoms with Crippen LogP contribution in [0.15, 0.2) is 65.3 Å². The Balaban J connectivity index is 1.59. The molecule has 0 saturated heterocycles. The maximum atomic E-state index is 12.4. The van der Waals surface area contributed by atoms with Crippen molar-refractivity contribution in [3.8, 4) is 5.75 Å². The first-order chi connectivity index (χ1) is 12.7. The van der Waals surface area contributed by atoms with E-state index in [-0.39, 0.29) is 5.91 Å². The van der Waals surface area contributed by atoms with Gasteiger partial charge in [-0.3, -0.25) is 9.48 Å². The molecule has 2 aromatic carbocycles. The number of aryl methyl sites for hydroxylation is 1. The Bertz CT molecular complexity index is 892. The minimum atomic E-state index is -0.126. The number of rotatable bonds is 7. The number of halogens is 1. The zero-order valence-electron chi connectivity index (χ0n) is 14.5. The van der Waals surface area contributed by atoms with Crippen molar-refractivity contribution in [2.24, 2.45) is 0 Å². The average molecular weight is 414 g/mol. The van der Waals surface area contributed by atoms with E-state index in [1.54, 1.807) is 6.07 Å². The van der Waals surface area contributed by atoms with E-state index >= 15 is 0 Å². The summed E-state index contributed by atoms with van der Waals surface area (Å²) in [6, 6.07) is 17.0. The third-order valence-electron chi connectivity index (χ3n) is 3.87. The van der Waals surface area contributed by atoms with Crippen molar-refractivity contribution in [1.29, 1.82) is 0 Å². The monoisotopic (exact) mass is 413 g/mol. The number of para-hydroxylation sites is 1. The number of nitrogens with zero attached hydrogens (tertiary/aromatic N) is 2. The third kappa shape index (κ3) is 4.73. The fourth-order valence-corrected chi connectivity index (χ4v) is 2.87. The van der Waals surface area contributed by atoms with Crippen molar-refractivity contribution < 1.29 is 9.53 Å². The molecular formula is C20H20BrN3O2. The predicted octanol–water partition coefficient (Wildman–Crippen LogP) is 4.17. The van der Waals surface area contributed by atoms with Gasteiger partial charge in [-0.05, 0) is 58.7 Å². The summed E-state index contributed by atoms with van der Waals surface area (Å²) >= 11 is 3.46. The highest BCUT2D eigenvalue weighted by molar-refractivity contribution is 9.10. The minimum Gasteiger partial charge on any atom is -0.488 e. The summed E-state index contributed by atoms with van der Waals surface area (Å²) in [6.45, 7) is 3.64. The van der Waals surface area contributed by atoms with Crippen LogP contribution in [0.5, 0.6) is 5.75 Å². The lowest BCUT2D eigenvalue weighted by Gasteiger charge is -2.09. The molecule has 0 fully saturated rings. The molecule has 0 spiro atoms. The van der Waals surface area contributed by atoms with Crippen molar-refractivity contribution in [2.75, 3.05) is 0 Å². The summed E-state index contributed by atoms with van der Waals surface area (Å²) < 4.78 is 8.55. The molecule has 6 heteroatoms. The smallest absolute Gasteiger partial charge is 0.251 e. The first-order valence-electron chi connectivity index (χ1n) is 8.42. The van der Waals surface area contributed by atoms with Crippen molar-refractivity contribution in [1.82, 2.24) is 15.1 Å². The number of benzene rings is 2. The topological polar surface area (TPSA) is 56.2 Å². The minimum absolute atomic E-state index is 0.126. The molecule has 1 N–H and O–H groups in total. The van der Waals surface area contributed by atoms with Gasteiger partial charge in [-0.1, -0.05) is 24.3 Å². The van der Waals surface area contributed by atoms with Crippen LogP contribution in [0.1, 0.15) is 28.5 Å². The van der Waals surface area contributed by atoms with Crippen molar-refractivity contribution in [3.05, 3.63) is 82.1 Å². The van der Waals surface area contributed by atoms with Gasteiger partial charge in [-0.15, -0.1) is 0 Å². The van der Waals surface area contributed by atoms with Gasteiger partial charge >= 0.3 is 0 Å². The molecule has 1 amide bonds. The number of aromatic nitrogens is 2. The molecule has 3 aromatic rings. The normalized spacial score (nSPS) is 10.5. The number of carbonyl (C=O) groups excluding carboxylic acids is 1. The Kier molecular flexibility index (Phi) is 6.07. The number of amides is 1. The van der Waals surface area contributed by atoms with E-state index in [0.717, 1.165) is 28.0 Å². The van der Waals surface area contributed by atoms with Gasteiger partial charge in [0.2, 0.25) is 0 Å². The van der Waals surface area contributed by atoms with Gasteiger partial charge < -0.3 is 10.1 Å². The van der Waals surface area contributed by atoms with E-state index in [1.165, 1.54) is 0 Å². The van der Waals surface area contributed by atoms with E-state index < -0.39 is 0 Å². The zero-order chi connectivity index (χ0) is 18.4. The van der Waals surface area contributed by atoms with E-state index in [9.17, 15) is 4.79 Å². The van der Waals surface area contributed by atoms with Gasteiger partial charge in [-0.2, -0.15) is 5.10 Å². The van der Waals surface area contributed by atoms with Crippen molar-refractivity contribution in [2.45, 2.75) is 26.6 Å². The molecule has 0 radical (unpaired) electrons. The van der Waals surface area contributed by atoms with E-state index in [2.05, 4.69) is 26.3 Å². The number of nitrogens with one attached hydrogen (secondary N) is 1. The van der Waals surface area contributed by atoms with Gasteiger partial charge in [0.05, 0.1) is 16.7 Å². The number of ether oxygens (including phenoxy) is 1. The molecule has 1 heterocycles. The van der Waals surface area contributed by atoms with Crippen LogP contribution in [0.2, 0.25) is 0 Å². The first-order valence-corrected chi connectivity index (χ1v) is 9.22. The number of hydrogen-bond donors (Lipinski definition) is 1. The molecule has 0 aliphatic heterocycles. The van der Waals surface area contributed by atoms with Crippen LogP contribution in [0.3, 0.4) is 0 Å². The maximum Gasteiger partial charge on any atom is 0.251 e. The number of carbonyl (C=O) groups is 1. The molecule has 0 atom stereocenters. The van der Waals surface area contributed by atoms with E-state index in [0.29, 0.717) is 18.7 Å². The van der Waals surface area contributed by atoms with Crippen LogP contribution in [-0.4, -0.2) is 15.7 Å². The van der Waals surface area contributed by atoms with Gasteiger partial charge in [-0.25, -0.2) is 0 Å². The Morgan fingerprint density at radius 3 is 2.81 bits per heavy atom. The SMILES string of the molecule is CCn1ccc(CNC(=O)c2cccc(COc3ccccc3Br)c2)n1. The molecule has 1 aromatic heterocycles. The third-order valence-corrected chi connectivity index (χ3v) is 4.53. The second-order valence-electron chi connectivity index (χ2n) is 5.76. The Morgan fingerprint density at radius 1 is 1.19 bits per heavy atom. The van der Waals surface area contributed by atoms with Crippen LogP contribution in [0.25, 0.3) is 0 Å². The lowest BCUT2D eigenvalue weighted by molar-refractivity contribution is 0.0950. The first kappa shape index (κ1) is 18.2. The molecule has 0 aliphatic carbocycles. The quantitative estimate of drug-likeness (QED) is 0.631. The van der Waals surface area contributed by atoms with Gasteiger partial charge in [0, 0.05) is 18.3 Å². The predicted molar refractivity (Wildman–Crippen MR) is 104 cm³/mol. The second-order valence-corrected chi connectivity index (χ2v) is 6.62. The highest BCUT2D eigenvalue weighted by Gasteiger charge is 2.08. The highest BCUT2D eigenvalue weighted by Crippen LogP contribution is 2.24. The molecular weight excluding hydrogens is 394 g/mol. The molecule has 134 valence electrons. The van der Waals surface area contributed by atoms with Crippen LogP contribution >= 0.6 is 15.9 Å². The van der Waals surface area contributed by atoms with Gasteiger partial charge in [0.1, 0.15) is 12.4 Å². The van der Waals surface area contributed by atoms with Crippen molar-refractivity contribution >= 4 is 21.8 Å². The standard InChI is InChI=1S/C20H20BrN3O2/c1-2-24-11-10-17(23-24)13-22-20(25)16-7-5-6-15(12-16)14-26-19-9-4-3-8-18(19)21/h3-12H,2,13-14H2,1H3,(H,22,25). The molecule has 0 saturated carbocycles. The molecule has 0 unspecified atom stereocenters. The Morgan fingerprint density at radius 2 is 2.04 bits per heavy atom. The van der Waals surface area contributed by atoms with Gasteiger partial charge in [0.25, 0.3) is 5.91 Å².